The van der Waals surface area contributed by atoms with Gasteiger partial charge in [-0.05, 0) is 87.6 Å². The summed E-state index contributed by atoms with van der Waals surface area (Å²) in [5.41, 5.74) is 6.95. The number of benzene rings is 3. The van der Waals surface area contributed by atoms with Gasteiger partial charge in [0.25, 0.3) is 0 Å². The monoisotopic (exact) mass is 632 g/mol. The zero-order valence-corrected chi connectivity index (χ0v) is 20.7. The van der Waals surface area contributed by atoms with E-state index in [1.165, 1.54) is 17.9 Å². The Kier molecular flexibility index (Phi) is 5.70. The fourth-order valence-electron chi connectivity index (χ4n) is 3.93. The van der Waals surface area contributed by atoms with Crippen molar-refractivity contribution in [2.24, 2.45) is 5.10 Å². The SMILES string of the molecule is O=C(CCn1c2ccc(I)cc2c2cc(I)ccc21)NN=Cc1c[nH]c2ccccc12. The predicted molar refractivity (Wildman–Crippen MR) is 144 cm³/mol. The fraction of sp³-hybridized carbons (Fsp3) is 0.0833. The zero-order chi connectivity index (χ0) is 21.4. The number of para-hydroxylation sites is 1. The summed E-state index contributed by atoms with van der Waals surface area (Å²) in [5.74, 6) is -0.109. The third-order valence-corrected chi connectivity index (χ3v) is 6.71. The number of H-pyrrole nitrogens is 1. The van der Waals surface area contributed by atoms with Crippen molar-refractivity contribution in [3.05, 3.63) is 79.6 Å². The smallest absolute Gasteiger partial charge is 0.241 e. The van der Waals surface area contributed by atoms with Gasteiger partial charge in [-0.3, -0.25) is 4.79 Å². The van der Waals surface area contributed by atoms with Crippen molar-refractivity contribution in [3.8, 4) is 0 Å². The van der Waals surface area contributed by atoms with Crippen LogP contribution in [0.3, 0.4) is 0 Å². The number of amides is 1. The highest BCUT2D eigenvalue weighted by Crippen LogP contribution is 2.31. The lowest BCUT2D eigenvalue weighted by Crippen LogP contribution is -2.19. The maximum atomic E-state index is 12.5. The number of nitrogens with one attached hydrogen (secondary N) is 2. The zero-order valence-electron chi connectivity index (χ0n) is 16.4. The first-order valence-electron chi connectivity index (χ1n) is 9.85. The normalized spacial score (nSPS) is 11.8. The van der Waals surface area contributed by atoms with E-state index in [2.05, 4.69) is 102 Å². The fourth-order valence-corrected chi connectivity index (χ4v) is 4.92. The maximum absolute atomic E-state index is 12.5. The summed E-state index contributed by atoms with van der Waals surface area (Å²) in [6, 6.07) is 20.9. The first-order valence-corrected chi connectivity index (χ1v) is 12.0. The second-order valence-electron chi connectivity index (χ2n) is 7.31. The van der Waals surface area contributed by atoms with Crippen LogP contribution in [0.1, 0.15) is 12.0 Å². The van der Waals surface area contributed by atoms with E-state index in [9.17, 15) is 4.79 Å². The third-order valence-electron chi connectivity index (χ3n) is 5.37. The van der Waals surface area contributed by atoms with E-state index >= 15 is 0 Å². The number of carbonyl (C=O) groups is 1. The average Bonchev–Trinajstić information content (AvgIpc) is 3.31. The van der Waals surface area contributed by atoms with Crippen molar-refractivity contribution >= 4 is 90.0 Å². The molecule has 5 nitrogen and oxygen atoms in total. The summed E-state index contributed by atoms with van der Waals surface area (Å²) >= 11 is 4.68. The van der Waals surface area contributed by atoms with Crippen LogP contribution >= 0.6 is 45.2 Å². The van der Waals surface area contributed by atoms with Gasteiger partial charge in [0.1, 0.15) is 0 Å². The van der Waals surface area contributed by atoms with Crippen molar-refractivity contribution in [2.45, 2.75) is 13.0 Å². The highest BCUT2D eigenvalue weighted by molar-refractivity contribution is 14.1. The van der Waals surface area contributed by atoms with Crippen LogP contribution in [0.25, 0.3) is 32.7 Å². The summed E-state index contributed by atoms with van der Waals surface area (Å²) in [5, 5.41) is 7.68. The molecule has 5 rings (SSSR count). The molecule has 0 radical (unpaired) electrons. The highest BCUT2D eigenvalue weighted by atomic mass is 127. The number of hydrogen-bond donors (Lipinski definition) is 2. The molecule has 2 heterocycles. The summed E-state index contributed by atoms with van der Waals surface area (Å²) in [6.07, 6.45) is 3.92. The number of halogens is 2. The molecule has 31 heavy (non-hydrogen) atoms. The van der Waals surface area contributed by atoms with Gasteiger partial charge in [0, 0.05) is 64.6 Å². The Morgan fingerprint density at radius 1 is 0.968 bits per heavy atom. The van der Waals surface area contributed by atoms with Gasteiger partial charge in [0.05, 0.1) is 6.21 Å². The number of hydrazone groups is 1. The van der Waals surface area contributed by atoms with Gasteiger partial charge >= 0.3 is 0 Å². The number of hydrogen-bond acceptors (Lipinski definition) is 2. The highest BCUT2D eigenvalue weighted by Gasteiger charge is 2.12. The van der Waals surface area contributed by atoms with Gasteiger partial charge in [-0.1, -0.05) is 18.2 Å². The molecule has 0 saturated carbocycles. The molecule has 0 atom stereocenters. The number of aromatic nitrogens is 2. The molecule has 0 aliphatic rings. The largest absolute Gasteiger partial charge is 0.361 e. The molecule has 0 unspecified atom stereocenters. The Balaban J connectivity index is 1.34. The van der Waals surface area contributed by atoms with E-state index in [1.807, 2.05) is 30.5 Å². The Morgan fingerprint density at radius 2 is 1.65 bits per heavy atom. The summed E-state index contributed by atoms with van der Waals surface area (Å²) < 4.78 is 4.62. The van der Waals surface area contributed by atoms with Gasteiger partial charge in [-0.2, -0.15) is 5.10 Å². The van der Waals surface area contributed by atoms with Crippen molar-refractivity contribution in [2.75, 3.05) is 0 Å². The molecule has 3 aromatic carbocycles. The van der Waals surface area contributed by atoms with Crippen molar-refractivity contribution in [1.29, 1.82) is 0 Å². The number of fused-ring (bicyclic) bond motifs is 4. The molecule has 0 spiro atoms. The van der Waals surface area contributed by atoms with Crippen LogP contribution < -0.4 is 5.43 Å². The molecule has 154 valence electrons. The van der Waals surface area contributed by atoms with Gasteiger partial charge < -0.3 is 9.55 Å². The third kappa shape index (κ3) is 4.08. The van der Waals surface area contributed by atoms with E-state index in [1.54, 1.807) is 6.21 Å². The van der Waals surface area contributed by atoms with Gasteiger partial charge in [-0.25, -0.2) is 5.43 Å². The lowest BCUT2D eigenvalue weighted by molar-refractivity contribution is -0.121. The van der Waals surface area contributed by atoms with Crippen LogP contribution in [0.5, 0.6) is 0 Å². The first-order chi connectivity index (χ1) is 15.1. The van der Waals surface area contributed by atoms with Crippen molar-refractivity contribution < 1.29 is 4.79 Å². The van der Waals surface area contributed by atoms with Gasteiger partial charge in [-0.15, -0.1) is 0 Å². The molecule has 0 fully saturated rings. The number of aryl methyl sites for hydroxylation is 1. The van der Waals surface area contributed by atoms with Crippen LogP contribution in [-0.2, 0) is 11.3 Å². The van der Waals surface area contributed by atoms with Crippen LogP contribution in [-0.4, -0.2) is 21.7 Å². The molecule has 0 aliphatic carbocycles. The number of aromatic amines is 1. The topological polar surface area (TPSA) is 62.2 Å². The molecule has 0 bridgehead atoms. The molecule has 0 aliphatic heterocycles. The maximum Gasteiger partial charge on any atom is 0.241 e. The van der Waals surface area contributed by atoms with E-state index in [4.69, 9.17) is 0 Å². The standard InChI is InChI=1S/C24H18I2N4O/c25-16-5-7-22-19(11-16)20-12-17(26)6-8-23(20)30(22)10-9-24(31)29-28-14-15-13-27-21-4-2-1-3-18(15)21/h1-8,11-14,27H,9-10H2,(H,29,31). The second-order valence-corrected chi connectivity index (χ2v) is 9.80. The van der Waals surface area contributed by atoms with E-state index in [0.29, 0.717) is 13.0 Å². The van der Waals surface area contributed by atoms with Crippen LogP contribution in [0, 0.1) is 7.14 Å². The van der Waals surface area contributed by atoms with Crippen LogP contribution in [0.2, 0.25) is 0 Å². The minimum Gasteiger partial charge on any atom is -0.361 e. The molecular formula is C24H18I2N4O. The molecule has 7 heteroatoms. The Morgan fingerprint density at radius 3 is 2.35 bits per heavy atom. The molecule has 5 aromatic rings. The average molecular weight is 632 g/mol. The molecule has 0 saturated heterocycles. The molecule has 2 N–H and O–H groups in total. The van der Waals surface area contributed by atoms with Gasteiger partial charge in [0.15, 0.2) is 0 Å². The second kappa shape index (κ2) is 8.62. The van der Waals surface area contributed by atoms with Crippen LogP contribution in [0.15, 0.2) is 72.0 Å². The molecule has 1 amide bonds. The van der Waals surface area contributed by atoms with Crippen LogP contribution in [0.4, 0.5) is 0 Å². The summed E-state index contributed by atoms with van der Waals surface area (Å²) in [7, 11) is 0. The quantitative estimate of drug-likeness (QED) is 0.139. The lowest BCUT2D eigenvalue weighted by Gasteiger charge is -2.07. The predicted octanol–water partition coefficient (Wildman–Crippen LogP) is 6.03. The summed E-state index contributed by atoms with van der Waals surface area (Å²) in [4.78, 5) is 15.7. The lowest BCUT2D eigenvalue weighted by atomic mass is 10.2. The Bertz CT molecular complexity index is 1410. The number of rotatable bonds is 5. The molecule has 2 aromatic heterocycles. The van der Waals surface area contributed by atoms with E-state index in [0.717, 1.165) is 27.5 Å². The minimum absolute atomic E-state index is 0.109. The van der Waals surface area contributed by atoms with Crippen molar-refractivity contribution in [1.82, 2.24) is 15.0 Å². The molecular weight excluding hydrogens is 614 g/mol. The van der Waals surface area contributed by atoms with E-state index < -0.39 is 0 Å². The first kappa shape index (κ1) is 20.5. The number of nitrogens with zero attached hydrogens (tertiary/aromatic N) is 2. The Labute approximate surface area is 206 Å². The number of carbonyl (C=O) groups excluding carboxylic acids is 1. The minimum atomic E-state index is -0.109. The van der Waals surface area contributed by atoms with Gasteiger partial charge in [0.2, 0.25) is 5.91 Å². The van der Waals surface area contributed by atoms with E-state index in [-0.39, 0.29) is 5.91 Å². The van der Waals surface area contributed by atoms with Crippen molar-refractivity contribution in [3.63, 3.8) is 0 Å². The summed E-state index contributed by atoms with van der Waals surface area (Å²) in [6.45, 7) is 0.593. The Hall–Kier alpha value is -2.40.